The number of hydrogen-bond donors (Lipinski definition) is 1. The van der Waals surface area contributed by atoms with Gasteiger partial charge in [0.25, 0.3) is 0 Å². The summed E-state index contributed by atoms with van der Waals surface area (Å²) in [4.78, 5) is 12.9. The Morgan fingerprint density at radius 3 is 2.24 bits per heavy atom. The number of carboxylic acid groups (broad SMARTS) is 1. The third kappa shape index (κ3) is 7.34. The van der Waals surface area contributed by atoms with Crippen LogP contribution in [0.3, 0.4) is 0 Å². The number of ether oxygens (including phenoxy) is 1. The zero-order chi connectivity index (χ0) is 13.6. The zero-order valence-electron chi connectivity index (χ0n) is 12.0. The van der Waals surface area contributed by atoms with Crippen LogP contribution in [0.1, 0.15) is 41.0 Å². The Kier molecular flexibility index (Phi) is 6.72. The molecule has 0 fully saturated rings. The molecule has 0 aromatic rings. The highest BCUT2D eigenvalue weighted by atomic mass is 16.5. The van der Waals surface area contributed by atoms with Crippen molar-refractivity contribution >= 4 is 5.97 Å². The number of methoxy groups -OCH3 is 1. The van der Waals surface area contributed by atoms with Gasteiger partial charge in [-0.3, -0.25) is 9.69 Å². The van der Waals surface area contributed by atoms with E-state index in [0.29, 0.717) is 5.92 Å². The Balaban J connectivity index is 4.51. The topological polar surface area (TPSA) is 49.8 Å². The average molecular weight is 245 g/mol. The van der Waals surface area contributed by atoms with Crippen LogP contribution in [-0.4, -0.2) is 47.8 Å². The maximum atomic E-state index is 10.9. The molecule has 0 aliphatic heterocycles. The van der Waals surface area contributed by atoms with Crippen molar-refractivity contribution in [1.82, 2.24) is 4.90 Å². The smallest absolute Gasteiger partial charge is 0.317 e. The van der Waals surface area contributed by atoms with Gasteiger partial charge >= 0.3 is 5.97 Å². The van der Waals surface area contributed by atoms with Crippen molar-refractivity contribution in [3.8, 4) is 0 Å². The van der Waals surface area contributed by atoms with Crippen LogP contribution < -0.4 is 0 Å². The number of carbonyl (C=O) groups is 1. The highest BCUT2D eigenvalue weighted by Crippen LogP contribution is 2.19. The summed E-state index contributed by atoms with van der Waals surface area (Å²) < 4.78 is 5.39. The summed E-state index contributed by atoms with van der Waals surface area (Å²) in [6, 6.07) is 0.198. The first-order valence-electron chi connectivity index (χ1n) is 6.19. The van der Waals surface area contributed by atoms with Gasteiger partial charge in [0.05, 0.1) is 12.1 Å². The molecule has 0 bridgehead atoms. The maximum absolute atomic E-state index is 10.9. The van der Waals surface area contributed by atoms with E-state index in [0.717, 1.165) is 13.0 Å². The molecule has 1 atom stereocenters. The van der Waals surface area contributed by atoms with Crippen molar-refractivity contribution in [2.75, 3.05) is 20.2 Å². The van der Waals surface area contributed by atoms with E-state index in [2.05, 4.69) is 20.8 Å². The number of aliphatic carboxylic acids is 1. The second-order valence-corrected chi connectivity index (χ2v) is 5.73. The van der Waals surface area contributed by atoms with Crippen LogP contribution in [0.5, 0.6) is 0 Å². The van der Waals surface area contributed by atoms with Gasteiger partial charge in [-0.25, -0.2) is 0 Å². The zero-order valence-corrected chi connectivity index (χ0v) is 12.0. The van der Waals surface area contributed by atoms with E-state index in [1.807, 2.05) is 18.7 Å². The average Bonchev–Trinajstić information content (AvgIpc) is 2.14. The van der Waals surface area contributed by atoms with Crippen LogP contribution in [0, 0.1) is 5.92 Å². The molecule has 4 nitrogen and oxygen atoms in total. The van der Waals surface area contributed by atoms with Gasteiger partial charge in [0.1, 0.15) is 0 Å². The van der Waals surface area contributed by atoms with Crippen molar-refractivity contribution in [2.45, 2.75) is 52.7 Å². The molecule has 102 valence electrons. The highest BCUT2D eigenvalue weighted by molar-refractivity contribution is 5.69. The lowest BCUT2D eigenvalue weighted by atomic mass is 9.98. The van der Waals surface area contributed by atoms with Gasteiger partial charge in [-0.1, -0.05) is 13.8 Å². The van der Waals surface area contributed by atoms with E-state index >= 15 is 0 Å². The van der Waals surface area contributed by atoms with Gasteiger partial charge < -0.3 is 9.84 Å². The largest absolute Gasteiger partial charge is 0.480 e. The minimum atomic E-state index is -0.771. The monoisotopic (exact) mass is 245 g/mol. The third-order valence-corrected chi connectivity index (χ3v) is 2.90. The first-order chi connectivity index (χ1) is 7.68. The molecular weight excluding hydrogens is 218 g/mol. The van der Waals surface area contributed by atoms with Gasteiger partial charge in [0.15, 0.2) is 0 Å². The number of hydrogen-bond acceptors (Lipinski definition) is 3. The fourth-order valence-electron chi connectivity index (χ4n) is 1.97. The minimum absolute atomic E-state index is 0.0964. The summed E-state index contributed by atoms with van der Waals surface area (Å²) in [6.07, 6.45) is 0.823. The molecule has 0 aliphatic carbocycles. The van der Waals surface area contributed by atoms with Crippen LogP contribution in [0.15, 0.2) is 0 Å². The lowest BCUT2D eigenvalue weighted by Gasteiger charge is -2.34. The van der Waals surface area contributed by atoms with Crippen LogP contribution in [0.25, 0.3) is 0 Å². The molecule has 0 heterocycles. The van der Waals surface area contributed by atoms with Crippen LogP contribution in [0.4, 0.5) is 0 Å². The second-order valence-electron chi connectivity index (χ2n) is 5.73. The van der Waals surface area contributed by atoms with Crippen LogP contribution in [0.2, 0.25) is 0 Å². The molecule has 0 spiro atoms. The van der Waals surface area contributed by atoms with Gasteiger partial charge in [-0.05, 0) is 33.1 Å². The van der Waals surface area contributed by atoms with Gasteiger partial charge in [-0.15, -0.1) is 0 Å². The standard InChI is InChI=1S/C13H27NO3/c1-10(2)8-14(9-12(15)16)11(3)7-13(4,5)17-6/h10-11H,7-9H2,1-6H3,(H,15,16). The van der Waals surface area contributed by atoms with Gasteiger partial charge in [-0.2, -0.15) is 0 Å². The quantitative estimate of drug-likeness (QED) is 0.712. The Bertz CT molecular complexity index is 239. The lowest BCUT2D eigenvalue weighted by molar-refractivity contribution is -0.139. The van der Waals surface area contributed by atoms with Crippen molar-refractivity contribution in [3.05, 3.63) is 0 Å². The first-order valence-corrected chi connectivity index (χ1v) is 6.19. The molecular formula is C13H27NO3. The second kappa shape index (κ2) is 6.97. The van der Waals surface area contributed by atoms with Crippen LogP contribution >= 0.6 is 0 Å². The summed E-state index contributed by atoms with van der Waals surface area (Å²) in [5.41, 5.74) is -0.215. The summed E-state index contributed by atoms with van der Waals surface area (Å²) in [5.74, 6) is -0.310. The number of nitrogens with zero attached hydrogens (tertiary/aromatic N) is 1. The van der Waals surface area contributed by atoms with Gasteiger partial charge in [0.2, 0.25) is 0 Å². The molecule has 0 aliphatic rings. The normalized spacial score (nSPS) is 14.4. The molecule has 0 rings (SSSR count). The predicted molar refractivity (Wildman–Crippen MR) is 69.2 cm³/mol. The Morgan fingerprint density at radius 2 is 1.88 bits per heavy atom. The van der Waals surface area contributed by atoms with Crippen molar-refractivity contribution < 1.29 is 14.6 Å². The molecule has 0 radical (unpaired) electrons. The van der Waals surface area contributed by atoms with Gasteiger partial charge in [0, 0.05) is 19.7 Å². The third-order valence-electron chi connectivity index (χ3n) is 2.90. The molecule has 17 heavy (non-hydrogen) atoms. The Hall–Kier alpha value is -0.610. The molecule has 1 N–H and O–H groups in total. The van der Waals surface area contributed by atoms with E-state index < -0.39 is 5.97 Å². The van der Waals surface area contributed by atoms with Crippen LogP contribution in [-0.2, 0) is 9.53 Å². The summed E-state index contributed by atoms with van der Waals surface area (Å²) in [7, 11) is 1.69. The molecule has 0 aromatic heterocycles. The molecule has 4 heteroatoms. The summed E-state index contributed by atoms with van der Waals surface area (Å²) in [6.45, 7) is 11.2. The van der Waals surface area contributed by atoms with E-state index in [1.54, 1.807) is 7.11 Å². The number of carboxylic acids is 1. The van der Waals surface area contributed by atoms with E-state index in [1.165, 1.54) is 0 Å². The molecule has 0 aromatic carbocycles. The van der Waals surface area contributed by atoms with E-state index in [4.69, 9.17) is 9.84 Å². The summed E-state index contributed by atoms with van der Waals surface area (Å²) >= 11 is 0. The lowest BCUT2D eigenvalue weighted by Crippen LogP contribution is -2.43. The highest BCUT2D eigenvalue weighted by Gasteiger charge is 2.25. The van der Waals surface area contributed by atoms with Crippen molar-refractivity contribution in [2.24, 2.45) is 5.92 Å². The SMILES string of the molecule is COC(C)(C)CC(C)N(CC(=O)O)CC(C)C. The van der Waals surface area contributed by atoms with Crippen molar-refractivity contribution in [3.63, 3.8) is 0 Å². The molecule has 1 unspecified atom stereocenters. The minimum Gasteiger partial charge on any atom is -0.480 e. The molecule has 0 amide bonds. The first kappa shape index (κ1) is 16.4. The molecule has 0 saturated heterocycles. The fraction of sp³-hybridized carbons (Fsp3) is 0.923. The van der Waals surface area contributed by atoms with E-state index in [9.17, 15) is 4.79 Å². The fourth-order valence-corrected chi connectivity index (χ4v) is 1.97. The summed E-state index contributed by atoms with van der Waals surface area (Å²) in [5, 5.41) is 8.93. The van der Waals surface area contributed by atoms with E-state index in [-0.39, 0.29) is 18.2 Å². The maximum Gasteiger partial charge on any atom is 0.317 e. The Labute approximate surface area is 105 Å². The number of rotatable bonds is 8. The predicted octanol–water partition coefficient (Wildman–Crippen LogP) is 2.23. The Morgan fingerprint density at radius 1 is 1.35 bits per heavy atom. The molecule has 0 saturated carbocycles. The van der Waals surface area contributed by atoms with Crippen molar-refractivity contribution in [1.29, 1.82) is 0 Å².